The van der Waals surface area contributed by atoms with Gasteiger partial charge in [0.25, 0.3) is 0 Å². The molecule has 2 fully saturated rings. The lowest BCUT2D eigenvalue weighted by molar-refractivity contribution is 0.724. The monoisotopic (exact) mass is 620 g/mol. The largest absolute Gasteiger partial charge is 0.309 e. The summed E-state index contributed by atoms with van der Waals surface area (Å²) in [4.78, 5) is 0. The Kier molecular flexibility index (Phi) is 6.57. The molecule has 0 radical (unpaired) electrons. The highest BCUT2D eigenvalue weighted by molar-refractivity contribution is 6.10. The molecule has 2 saturated carbocycles. The van der Waals surface area contributed by atoms with Crippen LogP contribution in [0.1, 0.15) is 74.3 Å². The van der Waals surface area contributed by atoms with E-state index >= 15 is 0 Å². The van der Waals surface area contributed by atoms with Gasteiger partial charge in [-0.05, 0) is 108 Å². The molecule has 0 unspecified atom stereocenters. The molecule has 0 spiro atoms. The number of hydrogen-bond acceptors (Lipinski definition) is 0. The average molecular weight is 621 g/mol. The van der Waals surface area contributed by atoms with Gasteiger partial charge in [-0.1, -0.05) is 111 Å². The van der Waals surface area contributed by atoms with E-state index in [0.717, 1.165) is 0 Å². The molecular weight excluding hydrogens is 581 g/mol. The predicted molar refractivity (Wildman–Crippen MR) is 203 cm³/mol. The molecule has 234 valence electrons. The van der Waals surface area contributed by atoms with E-state index in [2.05, 4.69) is 143 Å². The summed E-state index contributed by atoms with van der Waals surface area (Å²) >= 11 is 0. The first-order chi connectivity index (χ1) is 23.8. The van der Waals surface area contributed by atoms with Gasteiger partial charge in [0.05, 0.1) is 22.1 Å². The molecule has 0 amide bonds. The zero-order valence-corrected chi connectivity index (χ0v) is 27.4. The Morgan fingerprint density at radius 2 is 0.771 bits per heavy atom. The van der Waals surface area contributed by atoms with Crippen molar-refractivity contribution in [3.05, 3.63) is 145 Å². The van der Waals surface area contributed by atoms with Crippen LogP contribution in [-0.2, 0) is 0 Å². The molecule has 10 rings (SSSR count). The lowest BCUT2D eigenvalue weighted by Gasteiger charge is -2.14. The molecule has 2 aliphatic rings. The molecule has 2 heteroatoms. The van der Waals surface area contributed by atoms with E-state index in [4.69, 9.17) is 0 Å². The van der Waals surface area contributed by atoms with Gasteiger partial charge in [-0.25, -0.2) is 0 Å². The van der Waals surface area contributed by atoms with Crippen LogP contribution in [0.25, 0.3) is 66.1 Å². The quantitative estimate of drug-likeness (QED) is 0.181. The van der Waals surface area contributed by atoms with E-state index in [9.17, 15) is 0 Å². The fraction of sp³-hybridized carbons (Fsp3) is 0.217. The number of fused-ring (bicyclic) bond motifs is 6. The third-order valence-electron chi connectivity index (χ3n) is 11.6. The van der Waals surface area contributed by atoms with Crippen LogP contribution in [0.5, 0.6) is 0 Å². The van der Waals surface area contributed by atoms with Gasteiger partial charge in [-0.2, -0.15) is 0 Å². The van der Waals surface area contributed by atoms with Gasteiger partial charge in [-0.3, -0.25) is 0 Å². The van der Waals surface area contributed by atoms with Crippen molar-refractivity contribution < 1.29 is 0 Å². The van der Waals surface area contributed by atoms with Crippen molar-refractivity contribution in [1.29, 1.82) is 0 Å². The fourth-order valence-corrected chi connectivity index (χ4v) is 9.21. The van der Waals surface area contributed by atoms with E-state index < -0.39 is 0 Å². The molecule has 0 atom stereocenters. The third kappa shape index (κ3) is 4.46. The second kappa shape index (κ2) is 11.3. The minimum absolute atomic E-state index is 0.685. The molecule has 2 heterocycles. The lowest BCUT2D eigenvalue weighted by atomic mass is 9.96. The summed E-state index contributed by atoms with van der Waals surface area (Å²) < 4.78 is 4.99. The summed E-state index contributed by atoms with van der Waals surface area (Å²) in [6.07, 6.45) is 10.6. The standard InChI is InChI=1S/C46H40N2/c1-2-12-31(11-1)35-23-25-41-39-19-5-7-21-43(39)47(45(41)29-35)37-17-9-15-33(27-37)34-16-10-18-38(28-34)48-44-22-8-6-20-40(44)42-26-24-36(30-46(42)48)32-13-3-4-14-32/h5-10,15-32H,1-4,11-14H2. The summed E-state index contributed by atoms with van der Waals surface area (Å²) in [5, 5.41) is 5.31. The second-order valence-electron chi connectivity index (χ2n) is 14.3. The highest BCUT2D eigenvalue weighted by atomic mass is 15.0. The van der Waals surface area contributed by atoms with E-state index in [0.29, 0.717) is 11.8 Å². The van der Waals surface area contributed by atoms with Crippen molar-refractivity contribution in [3.63, 3.8) is 0 Å². The molecule has 0 aliphatic heterocycles. The van der Waals surface area contributed by atoms with E-state index in [1.165, 1.54) is 129 Å². The van der Waals surface area contributed by atoms with Crippen molar-refractivity contribution in [3.8, 4) is 22.5 Å². The van der Waals surface area contributed by atoms with Gasteiger partial charge in [0.1, 0.15) is 0 Å². The minimum atomic E-state index is 0.685. The second-order valence-corrected chi connectivity index (χ2v) is 14.3. The summed E-state index contributed by atoms with van der Waals surface area (Å²) in [5.41, 5.74) is 13.1. The minimum Gasteiger partial charge on any atom is -0.309 e. The van der Waals surface area contributed by atoms with Gasteiger partial charge < -0.3 is 9.13 Å². The van der Waals surface area contributed by atoms with Crippen molar-refractivity contribution in [1.82, 2.24) is 9.13 Å². The molecule has 0 N–H and O–H groups in total. The molecular formula is C46H40N2. The molecule has 2 nitrogen and oxygen atoms in total. The maximum absolute atomic E-state index is 2.49. The Labute approximate surface area is 282 Å². The van der Waals surface area contributed by atoms with Crippen molar-refractivity contribution >= 4 is 43.6 Å². The third-order valence-corrected chi connectivity index (χ3v) is 11.6. The Balaban J connectivity index is 1.12. The zero-order valence-electron chi connectivity index (χ0n) is 27.4. The SMILES string of the molecule is c1cc(-c2cccc(-n3c4ccccc4c4ccc(C5CCCC5)cc43)c2)cc(-n2c3ccccc3c3ccc(C4CCCC4)cc32)c1. The summed E-state index contributed by atoms with van der Waals surface area (Å²) in [6.45, 7) is 0. The Hall–Kier alpha value is -5.08. The molecule has 8 aromatic rings. The van der Waals surface area contributed by atoms with Crippen LogP contribution in [-0.4, -0.2) is 9.13 Å². The van der Waals surface area contributed by atoms with E-state index in [1.54, 1.807) is 0 Å². The molecule has 2 aliphatic carbocycles. The summed E-state index contributed by atoms with van der Waals surface area (Å²) in [6, 6.07) is 50.6. The van der Waals surface area contributed by atoms with Crippen molar-refractivity contribution in [2.45, 2.75) is 63.2 Å². The van der Waals surface area contributed by atoms with Crippen LogP contribution in [0.3, 0.4) is 0 Å². The Morgan fingerprint density at radius 3 is 1.23 bits per heavy atom. The first kappa shape index (κ1) is 28.0. The Morgan fingerprint density at radius 1 is 0.354 bits per heavy atom. The van der Waals surface area contributed by atoms with Crippen LogP contribution in [0.4, 0.5) is 0 Å². The lowest BCUT2D eigenvalue weighted by Crippen LogP contribution is -1.98. The van der Waals surface area contributed by atoms with Crippen LogP contribution < -0.4 is 0 Å². The predicted octanol–water partition coefficient (Wildman–Crippen LogP) is 12.9. The number of hydrogen-bond donors (Lipinski definition) is 0. The summed E-state index contributed by atoms with van der Waals surface area (Å²) in [7, 11) is 0. The topological polar surface area (TPSA) is 9.86 Å². The first-order valence-corrected chi connectivity index (χ1v) is 18.1. The van der Waals surface area contributed by atoms with E-state index in [1.807, 2.05) is 0 Å². The number of benzene rings is 6. The zero-order chi connectivity index (χ0) is 31.6. The number of nitrogens with zero attached hydrogens (tertiary/aromatic N) is 2. The highest BCUT2D eigenvalue weighted by Gasteiger charge is 2.21. The van der Waals surface area contributed by atoms with Crippen molar-refractivity contribution in [2.24, 2.45) is 0 Å². The smallest absolute Gasteiger partial charge is 0.0543 e. The molecule has 2 aromatic heterocycles. The van der Waals surface area contributed by atoms with Crippen LogP contribution in [0.15, 0.2) is 133 Å². The number of para-hydroxylation sites is 2. The number of aromatic nitrogens is 2. The fourth-order valence-electron chi connectivity index (χ4n) is 9.21. The van der Waals surface area contributed by atoms with E-state index in [-0.39, 0.29) is 0 Å². The van der Waals surface area contributed by atoms with Crippen LogP contribution in [0, 0.1) is 0 Å². The van der Waals surface area contributed by atoms with Gasteiger partial charge in [-0.15, -0.1) is 0 Å². The molecule has 48 heavy (non-hydrogen) atoms. The average Bonchev–Trinajstić information content (AvgIpc) is 3.97. The first-order valence-electron chi connectivity index (χ1n) is 18.1. The van der Waals surface area contributed by atoms with Gasteiger partial charge in [0, 0.05) is 32.9 Å². The molecule has 0 bridgehead atoms. The Bertz CT molecular complexity index is 2300. The maximum atomic E-state index is 2.49. The van der Waals surface area contributed by atoms with Crippen LogP contribution in [0.2, 0.25) is 0 Å². The summed E-state index contributed by atoms with van der Waals surface area (Å²) in [5.74, 6) is 1.37. The van der Waals surface area contributed by atoms with Gasteiger partial charge in [0.2, 0.25) is 0 Å². The van der Waals surface area contributed by atoms with Crippen molar-refractivity contribution in [2.75, 3.05) is 0 Å². The van der Waals surface area contributed by atoms with Crippen LogP contribution >= 0.6 is 0 Å². The highest BCUT2D eigenvalue weighted by Crippen LogP contribution is 2.41. The van der Waals surface area contributed by atoms with Gasteiger partial charge >= 0.3 is 0 Å². The maximum Gasteiger partial charge on any atom is 0.0543 e. The normalized spacial score (nSPS) is 15.9. The molecule has 6 aromatic carbocycles. The number of rotatable bonds is 5. The van der Waals surface area contributed by atoms with Gasteiger partial charge in [0.15, 0.2) is 0 Å². The molecule has 0 saturated heterocycles.